The first-order chi connectivity index (χ1) is 21.7. The maximum Gasteiger partial charge on any atom is 0.220 e. The lowest BCUT2D eigenvalue weighted by molar-refractivity contribution is -0.123. The van der Waals surface area contributed by atoms with Gasteiger partial charge in [-0.05, 0) is 70.6 Å². The number of amides is 1. The minimum atomic E-state index is -0.874. The Bertz CT molecular complexity index is 711. The van der Waals surface area contributed by atoms with E-state index in [4.69, 9.17) is 0 Å². The number of rotatable bonds is 33. The predicted molar refractivity (Wildman–Crippen MR) is 193 cm³/mol. The SMILES string of the molecule is CCCCCCCC/C=C\CCCCCC(=O)NC(CO)C(O)/C=C/CC/C=C/CC/C=C/CCCCCCCCCCC. The number of hydrogen-bond acceptors (Lipinski definition) is 3. The van der Waals surface area contributed by atoms with Gasteiger partial charge in [-0.15, -0.1) is 0 Å². The van der Waals surface area contributed by atoms with Gasteiger partial charge in [-0.2, -0.15) is 0 Å². The third-order valence-electron chi connectivity index (χ3n) is 8.26. The molecule has 0 fully saturated rings. The summed E-state index contributed by atoms with van der Waals surface area (Å²) < 4.78 is 0. The highest BCUT2D eigenvalue weighted by Gasteiger charge is 2.17. The van der Waals surface area contributed by atoms with Gasteiger partial charge >= 0.3 is 0 Å². The average molecular weight is 616 g/mol. The molecule has 0 spiro atoms. The zero-order valence-corrected chi connectivity index (χ0v) is 29.2. The lowest BCUT2D eigenvalue weighted by Gasteiger charge is -2.19. The molecule has 2 unspecified atom stereocenters. The van der Waals surface area contributed by atoms with Crippen LogP contribution in [-0.2, 0) is 4.79 Å². The van der Waals surface area contributed by atoms with Crippen LogP contribution in [0.3, 0.4) is 0 Å². The summed E-state index contributed by atoms with van der Waals surface area (Å²) in [6.45, 7) is 4.26. The summed E-state index contributed by atoms with van der Waals surface area (Å²) >= 11 is 0. The number of aliphatic hydroxyl groups excluding tert-OH is 2. The van der Waals surface area contributed by atoms with E-state index in [1.165, 1.54) is 109 Å². The van der Waals surface area contributed by atoms with Gasteiger partial charge in [0.05, 0.1) is 18.8 Å². The summed E-state index contributed by atoms with van der Waals surface area (Å²) in [6, 6.07) is -0.651. The lowest BCUT2D eigenvalue weighted by atomic mass is 10.1. The van der Waals surface area contributed by atoms with E-state index in [-0.39, 0.29) is 12.5 Å². The molecule has 4 heteroatoms. The Labute approximate surface area is 274 Å². The number of allylic oxidation sites excluding steroid dienone is 7. The van der Waals surface area contributed by atoms with Crippen LogP contribution in [-0.4, -0.2) is 34.9 Å². The van der Waals surface area contributed by atoms with E-state index in [2.05, 4.69) is 55.6 Å². The molecule has 2 atom stereocenters. The summed E-state index contributed by atoms with van der Waals surface area (Å²) in [4.78, 5) is 12.3. The number of unbranched alkanes of at least 4 members (excludes halogenated alkanes) is 20. The third-order valence-corrected chi connectivity index (χ3v) is 8.26. The Morgan fingerprint density at radius 2 is 0.886 bits per heavy atom. The summed E-state index contributed by atoms with van der Waals surface area (Å²) in [6.07, 6.45) is 47.7. The second kappa shape index (κ2) is 35.8. The van der Waals surface area contributed by atoms with Gasteiger partial charge in [-0.3, -0.25) is 4.79 Å². The number of aliphatic hydroxyl groups is 2. The molecule has 44 heavy (non-hydrogen) atoms. The fourth-order valence-electron chi connectivity index (χ4n) is 5.32. The molecule has 1 amide bonds. The predicted octanol–water partition coefficient (Wildman–Crippen LogP) is 11.2. The van der Waals surface area contributed by atoms with E-state index in [0.29, 0.717) is 6.42 Å². The third kappa shape index (κ3) is 31.8. The summed E-state index contributed by atoms with van der Waals surface area (Å²) in [7, 11) is 0. The van der Waals surface area contributed by atoms with Crippen molar-refractivity contribution in [2.75, 3.05) is 6.61 Å². The van der Waals surface area contributed by atoms with Gasteiger partial charge in [0.2, 0.25) is 5.91 Å². The normalized spacial score (nSPS) is 13.6. The highest BCUT2D eigenvalue weighted by molar-refractivity contribution is 5.76. The molecule has 0 heterocycles. The van der Waals surface area contributed by atoms with Crippen LogP contribution in [0.15, 0.2) is 48.6 Å². The molecule has 0 aromatic carbocycles. The second-order valence-corrected chi connectivity index (χ2v) is 12.6. The number of nitrogens with one attached hydrogen (secondary N) is 1. The lowest BCUT2D eigenvalue weighted by Crippen LogP contribution is -2.45. The molecule has 0 radical (unpaired) electrons. The van der Waals surface area contributed by atoms with Crippen molar-refractivity contribution in [2.45, 2.75) is 193 Å². The van der Waals surface area contributed by atoms with Crippen molar-refractivity contribution < 1.29 is 15.0 Å². The molecule has 0 saturated heterocycles. The smallest absolute Gasteiger partial charge is 0.220 e. The fourth-order valence-corrected chi connectivity index (χ4v) is 5.32. The first-order valence-corrected chi connectivity index (χ1v) is 18.9. The van der Waals surface area contributed by atoms with Crippen molar-refractivity contribution in [3.05, 3.63) is 48.6 Å². The van der Waals surface area contributed by atoms with E-state index >= 15 is 0 Å². The summed E-state index contributed by atoms with van der Waals surface area (Å²) in [5.41, 5.74) is 0. The molecular formula is C40H73NO3. The molecule has 0 aliphatic heterocycles. The van der Waals surface area contributed by atoms with E-state index in [1.54, 1.807) is 6.08 Å². The molecule has 0 aliphatic carbocycles. The van der Waals surface area contributed by atoms with E-state index in [1.807, 2.05) is 6.08 Å². The highest BCUT2D eigenvalue weighted by atomic mass is 16.3. The van der Waals surface area contributed by atoms with E-state index in [0.717, 1.165) is 51.4 Å². The van der Waals surface area contributed by atoms with Gasteiger partial charge < -0.3 is 15.5 Å². The molecule has 0 aromatic rings. The van der Waals surface area contributed by atoms with Gasteiger partial charge in [0.25, 0.3) is 0 Å². The topological polar surface area (TPSA) is 69.6 Å². The van der Waals surface area contributed by atoms with Crippen LogP contribution in [0.2, 0.25) is 0 Å². The first-order valence-electron chi connectivity index (χ1n) is 18.9. The molecular weight excluding hydrogens is 542 g/mol. The van der Waals surface area contributed by atoms with Gasteiger partial charge in [-0.25, -0.2) is 0 Å². The zero-order chi connectivity index (χ0) is 32.2. The van der Waals surface area contributed by atoms with E-state index in [9.17, 15) is 15.0 Å². The molecule has 0 aliphatic rings. The highest BCUT2D eigenvalue weighted by Crippen LogP contribution is 2.12. The standard InChI is InChI=1S/C40H73NO3/c1-3-5-7-9-11-13-15-17-18-19-20-21-22-24-25-27-29-31-33-35-39(43)38(37-42)41-40(44)36-34-32-30-28-26-23-16-14-12-10-8-6-4-2/h20-21,23,25-27,33,35,38-39,42-43H,3-19,22,24,28-32,34,36-37H2,1-2H3,(H,41,44)/b21-20+,26-23-,27-25+,35-33+. The summed E-state index contributed by atoms with van der Waals surface area (Å²) in [5.74, 6) is -0.0970. The molecule has 256 valence electrons. The van der Waals surface area contributed by atoms with Crippen molar-refractivity contribution in [3.63, 3.8) is 0 Å². The van der Waals surface area contributed by atoms with Gasteiger partial charge in [0, 0.05) is 6.42 Å². The van der Waals surface area contributed by atoms with Crippen molar-refractivity contribution in [3.8, 4) is 0 Å². The molecule has 4 nitrogen and oxygen atoms in total. The quantitative estimate of drug-likeness (QED) is 0.0508. The first kappa shape index (κ1) is 42.3. The summed E-state index contributed by atoms with van der Waals surface area (Å²) in [5, 5.41) is 22.8. The Morgan fingerprint density at radius 3 is 1.32 bits per heavy atom. The Balaban J connectivity index is 3.73. The van der Waals surface area contributed by atoms with Gasteiger partial charge in [0.1, 0.15) is 0 Å². The molecule has 0 rings (SSSR count). The number of carbonyl (C=O) groups is 1. The van der Waals surface area contributed by atoms with Crippen molar-refractivity contribution in [2.24, 2.45) is 0 Å². The van der Waals surface area contributed by atoms with Crippen LogP contribution in [0.1, 0.15) is 181 Å². The minimum Gasteiger partial charge on any atom is -0.394 e. The zero-order valence-electron chi connectivity index (χ0n) is 29.2. The maximum atomic E-state index is 12.3. The van der Waals surface area contributed by atoms with Crippen LogP contribution < -0.4 is 5.32 Å². The molecule has 0 bridgehead atoms. The number of hydrogen-bond donors (Lipinski definition) is 3. The van der Waals surface area contributed by atoms with Crippen molar-refractivity contribution in [1.29, 1.82) is 0 Å². The second-order valence-electron chi connectivity index (χ2n) is 12.6. The van der Waals surface area contributed by atoms with Gasteiger partial charge in [0.15, 0.2) is 0 Å². The van der Waals surface area contributed by atoms with E-state index < -0.39 is 12.1 Å². The molecule has 3 N–H and O–H groups in total. The van der Waals surface area contributed by atoms with Crippen LogP contribution in [0, 0.1) is 0 Å². The van der Waals surface area contributed by atoms with Crippen LogP contribution >= 0.6 is 0 Å². The van der Waals surface area contributed by atoms with Crippen LogP contribution in [0.4, 0.5) is 0 Å². The van der Waals surface area contributed by atoms with Gasteiger partial charge in [-0.1, -0.05) is 152 Å². The minimum absolute atomic E-state index is 0.0970. The number of carbonyl (C=O) groups excluding carboxylic acids is 1. The monoisotopic (exact) mass is 616 g/mol. The average Bonchev–Trinajstić information content (AvgIpc) is 3.03. The van der Waals surface area contributed by atoms with Crippen LogP contribution in [0.5, 0.6) is 0 Å². The largest absolute Gasteiger partial charge is 0.394 e. The maximum absolute atomic E-state index is 12.3. The fraction of sp³-hybridized carbons (Fsp3) is 0.775. The Kier molecular flexibility index (Phi) is 34.5. The Hall–Kier alpha value is -1.65. The molecule has 0 aromatic heterocycles. The van der Waals surface area contributed by atoms with Crippen molar-refractivity contribution in [1.82, 2.24) is 5.32 Å². The Morgan fingerprint density at radius 1 is 0.523 bits per heavy atom. The van der Waals surface area contributed by atoms with Crippen LogP contribution in [0.25, 0.3) is 0 Å². The molecule has 0 saturated carbocycles. The van der Waals surface area contributed by atoms with Crippen molar-refractivity contribution >= 4 is 5.91 Å².